The molecular weight excluding hydrogens is 430 g/mol. The number of ether oxygens (including phenoxy) is 1. The number of sulfonamides is 1. The van der Waals surface area contributed by atoms with E-state index in [2.05, 4.69) is 12.0 Å². The van der Waals surface area contributed by atoms with Gasteiger partial charge < -0.3 is 9.64 Å². The number of rotatable bonds is 6. The third-order valence-electron chi connectivity index (χ3n) is 5.72. The zero-order chi connectivity index (χ0) is 22.4. The maximum Gasteiger partial charge on any atom is 0.316 e. The largest absolute Gasteiger partial charge is 0.486 e. The Balaban J connectivity index is 1.69. The minimum Gasteiger partial charge on any atom is -0.486 e. The molecule has 1 aliphatic heterocycles. The van der Waals surface area contributed by atoms with E-state index >= 15 is 0 Å². The molecule has 11 heteroatoms. The average Bonchev–Trinajstić information content (AvgIpc) is 3.43. The summed E-state index contributed by atoms with van der Waals surface area (Å²) in [5.74, 6) is -1.60. The fourth-order valence-corrected chi connectivity index (χ4v) is 4.33. The lowest BCUT2D eigenvalue weighted by molar-refractivity contribution is 0.242. The molecule has 0 unspecified atom stereocenters. The van der Waals surface area contributed by atoms with Crippen LogP contribution in [0.15, 0.2) is 29.2 Å². The second kappa shape index (κ2) is 7.86. The van der Waals surface area contributed by atoms with Crippen LogP contribution in [0.4, 0.5) is 14.5 Å². The summed E-state index contributed by atoms with van der Waals surface area (Å²) in [7, 11) is -3.30. The van der Waals surface area contributed by atoms with E-state index in [0.717, 1.165) is 42.0 Å². The molecule has 2 heterocycles. The summed E-state index contributed by atoms with van der Waals surface area (Å²) >= 11 is 0. The lowest BCUT2D eigenvalue weighted by atomic mass is 10.2. The van der Waals surface area contributed by atoms with Gasteiger partial charge >= 0.3 is 5.56 Å². The van der Waals surface area contributed by atoms with Gasteiger partial charge in [-0.05, 0) is 25.0 Å². The lowest BCUT2D eigenvalue weighted by Gasteiger charge is -2.35. The van der Waals surface area contributed by atoms with Crippen LogP contribution in [0.3, 0.4) is 0 Å². The molecule has 4 rings (SSSR count). The van der Waals surface area contributed by atoms with E-state index in [-0.39, 0.29) is 29.9 Å². The molecule has 1 saturated heterocycles. The van der Waals surface area contributed by atoms with Gasteiger partial charge in [0, 0.05) is 37.7 Å². The number of hydrogen-bond donors (Lipinski definition) is 0. The SMILES string of the molecule is CC1(COc2c(N3CCN(S(C)(=O)=O)CC3)cnn(-c3cc(F)cc(F)c3)c2=O)CC1. The Morgan fingerprint density at radius 3 is 2.26 bits per heavy atom. The van der Waals surface area contributed by atoms with Crippen molar-refractivity contribution in [2.24, 2.45) is 5.41 Å². The molecule has 0 atom stereocenters. The normalized spacial score (nSPS) is 18.8. The Labute approximate surface area is 179 Å². The van der Waals surface area contributed by atoms with Gasteiger partial charge in [0.05, 0.1) is 24.7 Å². The maximum atomic E-state index is 13.7. The van der Waals surface area contributed by atoms with E-state index < -0.39 is 27.2 Å². The van der Waals surface area contributed by atoms with Crippen LogP contribution in [0.2, 0.25) is 0 Å². The monoisotopic (exact) mass is 454 g/mol. The number of benzene rings is 1. The van der Waals surface area contributed by atoms with Crippen molar-refractivity contribution in [1.82, 2.24) is 14.1 Å². The van der Waals surface area contributed by atoms with E-state index in [1.807, 2.05) is 4.90 Å². The molecule has 1 saturated carbocycles. The van der Waals surface area contributed by atoms with E-state index in [4.69, 9.17) is 4.74 Å². The van der Waals surface area contributed by atoms with Crippen molar-refractivity contribution >= 4 is 15.7 Å². The first-order chi connectivity index (χ1) is 14.6. The molecule has 2 aromatic rings. The Hall–Kier alpha value is -2.53. The summed E-state index contributed by atoms with van der Waals surface area (Å²) in [6.45, 7) is 3.66. The van der Waals surface area contributed by atoms with Crippen molar-refractivity contribution in [3.63, 3.8) is 0 Å². The minimum atomic E-state index is -3.30. The highest BCUT2D eigenvalue weighted by molar-refractivity contribution is 7.88. The Morgan fingerprint density at radius 2 is 1.71 bits per heavy atom. The number of hydrogen-bond acceptors (Lipinski definition) is 6. The fraction of sp³-hybridized carbons (Fsp3) is 0.500. The fourth-order valence-electron chi connectivity index (χ4n) is 3.50. The summed E-state index contributed by atoms with van der Waals surface area (Å²) in [5.41, 5.74) is -0.233. The molecule has 1 aromatic carbocycles. The number of anilines is 1. The summed E-state index contributed by atoms with van der Waals surface area (Å²) in [4.78, 5) is 15.1. The predicted molar refractivity (Wildman–Crippen MR) is 111 cm³/mol. The van der Waals surface area contributed by atoms with Crippen LogP contribution in [-0.4, -0.2) is 61.5 Å². The van der Waals surface area contributed by atoms with Crippen molar-refractivity contribution < 1.29 is 21.9 Å². The van der Waals surface area contributed by atoms with Crippen LogP contribution in [0.1, 0.15) is 19.8 Å². The van der Waals surface area contributed by atoms with Crippen molar-refractivity contribution in [2.75, 3.05) is 43.9 Å². The van der Waals surface area contributed by atoms with Crippen LogP contribution in [0.25, 0.3) is 5.69 Å². The average molecular weight is 454 g/mol. The van der Waals surface area contributed by atoms with Crippen LogP contribution < -0.4 is 15.2 Å². The molecule has 1 aliphatic carbocycles. The highest BCUT2D eigenvalue weighted by Crippen LogP contribution is 2.45. The van der Waals surface area contributed by atoms with Crippen LogP contribution in [0, 0.1) is 17.0 Å². The molecule has 0 amide bonds. The van der Waals surface area contributed by atoms with Crippen LogP contribution in [-0.2, 0) is 10.0 Å². The van der Waals surface area contributed by atoms with Gasteiger partial charge in [-0.15, -0.1) is 0 Å². The quantitative estimate of drug-likeness (QED) is 0.662. The van der Waals surface area contributed by atoms with Crippen molar-refractivity contribution in [2.45, 2.75) is 19.8 Å². The van der Waals surface area contributed by atoms with Gasteiger partial charge in [-0.3, -0.25) is 4.79 Å². The summed E-state index contributed by atoms with van der Waals surface area (Å²) < 4.78 is 59.2. The van der Waals surface area contributed by atoms with Gasteiger partial charge in [-0.2, -0.15) is 14.1 Å². The topological polar surface area (TPSA) is 84.7 Å². The van der Waals surface area contributed by atoms with E-state index in [1.54, 1.807) is 0 Å². The van der Waals surface area contributed by atoms with E-state index in [1.165, 1.54) is 10.5 Å². The van der Waals surface area contributed by atoms with E-state index in [0.29, 0.717) is 25.4 Å². The molecular formula is C20H24F2N4O4S. The smallest absolute Gasteiger partial charge is 0.316 e. The number of halogens is 2. The molecule has 0 N–H and O–H groups in total. The maximum absolute atomic E-state index is 13.7. The Morgan fingerprint density at radius 1 is 1.10 bits per heavy atom. The third kappa shape index (κ3) is 4.72. The third-order valence-corrected chi connectivity index (χ3v) is 7.03. The standard InChI is InChI=1S/C20H24F2N4O4S/c1-20(3-4-20)13-30-18-17(24-5-7-25(8-6-24)31(2,28)29)12-23-26(19(18)27)16-10-14(21)9-15(22)11-16/h9-12H,3-8,13H2,1-2H3. The van der Waals surface area contributed by atoms with Crippen LogP contribution in [0.5, 0.6) is 5.75 Å². The van der Waals surface area contributed by atoms with Gasteiger partial charge in [0.1, 0.15) is 17.3 Å². The lowest BCUT2D eigenvalue weighted by Crippen LogP contribution is -2.48. The number of nitrogens with zero attached hydrogens (tertiary/aromatic N) is 4. The van der Waals surface area contributed by atoms with Gasteiger partial charge in [-0.25, -0.2) is 17.2 Å². The zero-order valence-corrected chi connectivity index (χ0v) is 18.2. The molecule has 168 valence electrons. The molecule has 0 spiro atoms. The van der Waals surface area contributed by atoms with Gasteiger partial charge in [0.25, 0.3) is 0 Å². The first-order valence-electron chi connectivity index (χ1n) is 9.97. The van der Waals surface area contributed by atoms with Gasteiger partial charge in [0.15, 0.2) is 0 Å². The summed E-state index contributed by atoms with van der Waals surface area (Å²) in [5, 5.41) is 4.11. The van der Waals surface area contributed by atoms with Gasteiger partial charge in [0.2, 0.25) is 15.8 Å². The molecule has 0 radical (unpaired) electrons. The number of piperazine rings is 1. The summed E-state index contributed by atoms with van der Waals surface area (Å²) in [6, 6.07) is 2.76. The van der Waals surface area contributed by atoms with Crippen molar-refractivity contribution in [3.05, 3.63) is 46.4 Å². The Kier molecular flexibility index (Phi) is 5.50. The van der Waals surface area contributed by atoms with Crippen LogP contribution >= 0.6 is 0 Å². The summed E-state index contributed by atoms with van der Waals surface area (Å²) in [6.07, 6.45) is 4.56. The highest BCUT2D eigenvalue weighted by Gasteiger charge is 2.39. The van der Waals surface area contributed by atoms with Gasteiger partial charge in [-0.1, -0.05) is 6.92 Å². The molecule has 0 bridgehead atoms. The molecule has 31 heavy (non-hydrogen) atoms. The zero-order valence-electron chi connectivity index (χ0n) is 17.3. The van der Waals surface area contributed by atoms with Crippen molar-refractivity contribution in [1.29, 1.82) is 0 Å². The minimum absolute atomic E-state index is 0.00222. The second-order valence-electron chi connectivity index (χ2n) is 8.45. The molecule has 2 fully saturated rings. The second-order valence-corrected chi connectivity index (χ2v) is 10.4. The first kappa shape index (κ1) is 21.7. The molecule has 1 aromatic heterocycles. The number of aromatic nitrogens is 2. The first-order valence-corrected chi connectivity index (χ1v) is 11.8. The van der Waals surface area contributed by atoms with E-state index in [9.17, 15) is 22.0 Å². The highest BCUT2D eigenvalue weighted by atomic mass is 32.2. The predicted octanol–water partition coefficient (Wildman–Crippen LogP) is 1.77. The Bertz CT molecular complexity index is 1140. The van der Waals surface area contributed by atoms with Crippen molar-refractivity contribution in [3.8, 4) is 11.4 Å². The molecule has 8 nitrogen and oxygen atoms in total. The molecule has 2 aliphatic rings.